The van der Waals surface area contributed by atoms with Crippen LogP contribution < -0.4 is 0 Å². The van der Waals surface area contributed by atoms with Gasteiger partial charge in [-0.15, -0.1) is 0 Å². The van der Waals surface area contributed by atoms with Gasteiger partial charge in [0, 0.05) is 0 Å². The van der Waals surface area contributed by atoms with Crippen molar-refractivity contribution in [3.05, 3.63) is 29.8 Å². The molecule has 0 bridgehead atoms. The van der Waals surface area contributed by atoms with Gasteiger partial charge in [-0.2, -0.15) is 0 Å². The second-order valence-corrected chi connectivity index (χ2v) is 19.4. The van der Waals surface area contributed by atoms with Crippen LogP contribution >= 0.6 is 6.83 Å². The second-order valence-electron chi connectivity index (χ2n) is 13.7. The first-order chi connectivity index (χ1) is 21.0. The molecule has 252 valence electrons. The first kappa shape index (κ1) is 39.9. The number of aromatic hydroxyl groups is 1. The Morgan fingerprint density at radius 3 is 1.16 bits per heavy atom. The van der Waals surface area contributed by atoms with Crippen LogP contribution in [0.2, 0.25) is 0 Å². The molecule has 1 aromatic rings. The molecule has 1 N–H and O–H groups in total. The van der Waals surface area contributed by atoms with E-state index in [4.69, 9.17) is 4.52 Å². The molecule has 1 aromatic carbocycles. The predicted octanol–water partition coefficient (Wildman–Crippen LogP) is 13.5. The van der Waals surface area contributed by atoms with Crippen molar-refractivity contribution in [3.8, 4) is 5.75 Å². The number of hydrogen-bond acceptors (Lipinski definition) is 3. The Balaban J connectivity index is 3.07. The van der Waals surface area contributed by atoms with Crippen molar-refractivity contribution in [3.63, 3.8) is 0 Å². The summed E-state index contributed by atoms with van der Waals surface area (Å²) in [7, 11) is 0. The van der Waals surface area contributed by atoms with Gasteiger partial charge in [0.05, 0.1) is 0 Å². The molecular formula is C39H73O3P. The molecule has 4 heteroatoms. The molecule has 0 heterocycles. The van der Waals surface area contributed by atoms with E-state index in [0.717, 1.165) is 24.6 Å². The van der Waals surface area contributed by atoms with E-state index < -0.39 is 6.83 Å². The Labute approximate surface area is 268 Å². The van der Waals surface area contributed by atoms with Crippen LogP contribution in [0.25, 0.3) is 0 Å². The zero-order valence-corrected chi connectivity index (χ0v) is 30.2. The molecule has 0 aliphatic heterocycles. The number of phenols is 1. The summed E-state index contributed by atoms with van der Waals surface area (Å²) in [5.41, 5.74) is 0.349. The molecule has 3 nitrogen and oxygen atoms in total. The first-order valence-electron chi connectivity index (χ1n) is 19.0. The van der Waals surface area contributed by atoms with Crippen LogP contribution in [0.1, 0.15) is 192 Å². The summed E-state index contributed by atoms with van der Waals surface area (Å²) in [6.07, 6.45) is 35.1. The zero-order valence-electron chi connectivity index (χ0n) is 29.3. The van der Waals surface area contributed by atoms with Crippen LogP contribution in [0, 0.1) is 0 Å². The maximum absolute atomic E-state index is 13.9. The van der Waals surface area contributed by atoms with E-state index in [1.54, 1.807) is 18.2 Å². The number of benzene rings is 1. The van der Waals surface area contributed by atoms with E-state index in [1.165, 1.54) is 154 Å². The Morgan fingerprint density at radius 2 is 0.814 bits per heavy atom. The third-order valence-corrected chi connectivity index (χ3v) is 16.2. The summed E-state index contributed by atoms with van der Waals surface area (Å²) in [4.78, 5) is 13.9. The van der Waals surface area contributed by atoms with Crippen LogP contribution in [0.5, 0.6) is 5.75 Å². The molecule has 43 heavy (non-hydrogen) atoms. The van der Waals surface area contributed by atoms with Gasteiger partial charge < -0.3 is 0 Å². The molecule has 0 fully saturated rings. The number of rotatable bonds is 30. The van der Waals surface area contributed by atoms with Crippen LogP contribution in [0.4, 0.5) is 0 Å². The fraction of sp³-hybridized carbons (Fsp3) is 0.821. The Morgan fingerprint density at radius 1 is 0.512 bits per heavy atom. The van der Waals surface area contributed by atoms with Crippen LogP contribution in [-0.4, -0.2) is 35.7 Å². The number of unbranched alkanes of at least 4 members (excludes halogenated alkanes) is 20. The van der Waals surface area contributed by atoms with Gasteiger partial charge >= 0.3 is 256 Å². The number of hydrogen-bond donors (Lipinski definition) is 1. The zero-order chi connectivity index (χ0) is 31.5. The summed E-state index contributed by atoms with van der Waals surface area (Å²) < 4.78 is 7.06. The number of phenolic OH excluding ortho intramolecular Hbond substituents is 1. The third kappa shape index (κ3) is 17.3. The van der Waals surface area contributed by atoms with Gasteiger partial charge in [0.2, 0.25) is 0 Å². The standard InChI is InChI=1S/C39H73O3P/c1-5-9-13-17-18-19-20-21-22-23-24-30-36-43(33-27-14-10-6-2,34-28-15-11-7-3,35-29-16-12-8-4)42-39(41)37-31-25-26-32-38(37)40/h25-26,31-32,40H,5-24,27-30,33-36H2,1-4H3. The Kier molecular flexibility index (Phi) is 23.4. The average molecular weight is 621 g/mol. The molecule has 0 aromatic heterocycles. The number of carbonyl (C=O) groups excluding carboxylic acids is 1. The molecule has 0 aliphatic carbocycles. The second kappa shape index (κ2) is 25.2. The summed E-state index contributed by atoms with van der Waals surface area (Å²) in [5.74, 6) is -0.214. The van der Waals surface area contributed by atoms with Crippen LogP contribution in [-0.2, 0) is 4.52 Å². The molecule has 0 radical (unpaired) electrons. The van der Waals surface area contributed by atoms with Crippen molar-refractivity contribution < 1.29 is 14.4 Å². The Hall–Kier alpha value is -1.08. The first-order valence-corrected chi connectivity index (χ1v) is 21.9. The van der Waals surface area contributed by atoms with Gasteiger partial charge in [0.25, 0.3) is 0 Å². The van der Waals surface area contributed by atoms with Gasteiger partial charge in [-0.3, -0.25) is 0 Å². The predicted molar refractivity (Wildman–Crippen MR) is 193 cm³/mol. The molecule has 0 atom stereocenters. The minimum absolute atomic E-state index is 0.0532. The van der Waals surface area contributed by atoms with Crippen LogP contribution in [0.15, 0.2) is 24.3 Å². The fourth-order valence-electron chi connectivity index (χ4n) is 6.95. The number of para-hydroxylation sites is 1. The average Bonchev–Trinajstić information content (AvgIpc) is 3.01. The van der Waals surface area contributed by atoms with Crippen molar-refractivity contribution in [1.29, 1.82) is 0 Å². The quantitative estimate of drug-likeness (QED) is 0.0687. The van der Waals surface area contributed by atoms with E-state index in [0.29, 0.717) is 5.56 Å². The van der Waals surface area contributed by atoms with Crippen molar-refractivity contribution in [2.24, 2.45) is 0 Å². The molecule has 0 amide bonds. The minimum atomic E-state index is -2.83. The molecule has 0 unspecified atom stereocenters. The topological polar surface area (TPSA) is 46.5 Å². The van der Waals surface area contributed by atoms with Gasteiger partial charge in [-0.1, -0.05) is 13.3 Å². The molecule has 0 spiro atoms. The molecule has 0 saturated carbocycles. The maximum atomic E-state index is 13.9. The van der Waals surface area contributed by atoms with E-state index in [1.807, 2.05) is 6.07 Å². The van der Waals surface area contributed by atoms with E-state index in [2.05, 4.69) is 27.7 Å². The molecular weight excluding hydrogens is 547 g/mol. The van der Waals surface area contributed by atoms with Crippen molar-refractivity contribution >= 4 is 12.8 Å². The summed E-state index contributed by atoms with van der Waals surface area (Å²) in [5, 5.41) is 10.6. The van der Waals surface area contributed by atoms with Crippen LogP contribution in [0.3, 0.4) is 0 Å². The molecule has 0 saturated heterocycles. The van der Waals surface area contributed by atoms with E-state index in [-0.39, 0.29) is 11.7 Å². The van der Waals surface area contributed by atoms with Crippen molar-refractivity contribution in [1.82, 2.24) is 0 Å². The fourth-order valence-corrected chi connectivity index (χ4v) is 13.3. The monoisotopic (exact) mass is 621 g/mol. The normalized spacial score (nSPS) is 12.7. The third-order valence-electron chi connectivity index (χ3n) is 9.77. The molecule has 1 rings (SSSR count). The van der Waals surface area contributed by atoms with Gasteiger partial charge in [0.15, 0.2) is 0 Å². The SMILES string of the molecule is CCCCCCCCCCCCCCP(CCCCCC)(CCCCCC)(CCCCCC)OC(=O)c1ccccc1O. The Bertz CT molecular complexity index is 773. The van der Waals surface area contributed by atoms with Gasteiger partial charge in [-0.05, 0) is 0 Å². The summed E-state index contributed by atoms with van der Waals surface area (Å²) in [6, 6.07) is 7.01. The number of carbonyl (C=O) groups is 1. The van der Waals surface area contributed by atoms with Gasteiger partial charge in [0.1, 0.15) is 0 Å². The van der Waals surface area contributed by atoms with E-state index >= 15 is 0 Å². The van der Waals surface area contributed by atoms with Crippen molar-refractivity contribution in [2.75, 3.05) is 24.6 Å². The van der Waals surface area contributed by atoms with E-state index in [9.17, 15) is 9.90 Å². The molecule has 0 aliphatic rings. The van der Waals surface area contributed by atoms with Crippen molar-refractivity contribution in [2.45, 2.75) is 182 Å². The summed E-state index contributed by atoms with van der Waals surface area (Å²) in [6.45, 7) is 6.29. The summed E-state index contributed by atoms with van der Waals surface area (Å²) >= 11 is 0. The van der Waals surface area contributed by atoms with Gasteiger partial charge in [-0.25, -0.2) is 0 Å².